The lowest BCUT2D eigenvalue weighted by molar-refractivity contribution is 0.0996. The summed E-state index contributed by atoms with van der Waals surface area (Å²) in [6.45, 7) is -0.363. The second kappa shape index (κ2) is 6.24. The lowest BCUT2D eigenvalue weighted by Gasteiger charge is -2.06. The standard InChI is InChI=1S/C14H9ClFNO3/c15-13-6-5-12(20-13)14(19)17-11-4-3-10(16)8-9(11)2-1-7-18/h3-6,8,18H,7H2,(H,17,19). The van der Waals surface area contributed by atoms with Gasteiger partial charge in [0.05, 0.1) is 11.3 Å². The quantitative estimate of drug-likeness (QED) is 0.837. The number of hydrogen-bond donors (Lipinski definition) is 2. The molecule has 1 amide bonds. The Kier molecular flexibility index (Phi) is 4.41. The third kappa shape index (κ3) is 3.38. The molecule has 4 nitrogen and oxygen atoms in total. The van der Waals surface area contributed by atoms with Crippen LogP contribution in [0.3, 0.4) is 0 Å². The molecule has 102 valence electrons. The molecule has 0 aliphatic rings. The number of aliphatic hydroxyl groups is 1. The summed E-state index contributed by atoms with van der Waals surface area (Å²) in [6.07, 6.45) is 0. The Labute approximate surface area is 119 Å². The van der Waals surface area contributed by atoms with Crippen molar-refractivity contribution in [2.75, 3.05) is 11.9 Å². The highest BCUT2D eigenvalue weighted by molar-refractivity contribution is 6.29. The van der Waals surface area contributed by atoms with E-state index < -0.39 is 11.7 Å². The molecule has 0 bridgehead atoms. The highest BCUT2D eigenvalue weighted by Gasteiger charge is 2.12. The fourth-order valence-electron chi connectivity index (χ4n) is 1.48. The van der Waals surface area contributed by atoms with E-state index in [2.05, 4.69) is 17.2 Å². The van der Waals surface area contributed by atoms with Crippen molar-refractivity contribution < 1.29 is 18.7 Å². The van der Waals surface area contributed by atoms with Crippen LogP contribution in [0.25, 0.3) is 0 Å². The molecular formula is C14H9ClFNO3. The van der Waals surface area contributed by atoms with Crippen molar-refractivity contribution in [2.45, 2.75) is 0 Å². The molecule has 1 aromatic heterocycles. The minimum Gasteiger partial charge on any atom is -0.440 e. The summed E-state index contributed by atoms with van der Waals surface area (Å²) in [7, 11) is 0. The summed E-state index contributed by atoms with van der Waals surface area (Å²) in [5, 5.41) is 11.3. The van der Waals surface area contributed by atoms with E-state index in [1.807, 2.05) is 0 Å². The van der Waals surface area contributed by atoms with Crippen LogP contribution >= 0.6 is 11.6 Å². The van der Waals surface area contributed by atoms with E-state index in [0.29, 0.717) is 5.69 Å². The summed E-state index contributed by atoms with van der Waals surface area (Å²) < 4.78 is 18.1. The number of aliphatic hydroxyl groups excluding tert-OH is 1. The number of hydrogen-bond acceptors (Lipinski definition) is 3. The highest BCUT2D eigenvalue weighted by Crippen LogP contribution is 2.19. The van der Waals surface area contributed by atoms with Crippen LogP contribution in [0.1, 0.15) is 16.1 Å². The molecule has 2 aromatic rings. The van der Waals surface area contributed by atoms with Crippen LogP contribution in [-0.4, -0.2) is 17.6 Å². The highest BCUT2D eigenvalue weighted by atomic mass is 35.5. The van der Waals surface area contributed by atoms with Gasteiger partial charge in [0.2, 0.25) is 0 Å². The molecule has 0 saturated carbocycles. The van der Waals surface area contributed by atoms with E-state index in [9.17, 15) is 9.18 Å². The molecule has 2 N–H and O–H groups in total. The molecule has 0 aliphatic carbocycles. The summed E-state index contributed by atoms with van der Waals surface area (Å²) in [4.78, 5) is 11.9. The summed E-state index contributed by atoms with van der Waals surface area (Å²) in [6, 6.07) is 6.58. The molecule has 0 saturated heterocycles. The fraction of sp³-hybridized carbons (Fsp3) is 0.0714. The van der Waals surface area contributed by atoms with E-state index in [-0.39, 0.29) is 23.2 Å². The van der Waals surface area contributed by atoms with Gasteiger partial charge in [0.15, 0.2) is 11.0 Å². The number of carbonyl (C=O) groups excluding carboxylic acids is 1. The van der Waals surface area contributed by atoms with Crippen LogP contribution in [-0.2, 0) is 0 Å². The zero-order valence-corrected chi connectivity index (χ0v) is 10.9. The van der Waals surface area contributed by atoms with Crippen molar-refractivity contribution >= 4 is 23.2 Å². The van der Waals surface area contributed by atoms with Gasteiger partial charge in [-0.05, 0) is 41.9 Å². The van der Waals surface area contributed by atoms with Crippen molar-refractivity contribution in [1.29, 1.82) is 0 Å². The Morgan fingerprint density at radius 3 is 2.85 bits per heavy atom. The smallest absolute Gasteiger partial charge is 0.291 e. The number of rotatable bonds is 2. The maximum atomic E-state index is 13.2. The van der Waals surface area contributed by atoms with Crippen LogP contribution in [0, 0.1) is 17.7 Å². The number of carbonyl (C=O) groups is 1. The van der Waals surface area contributed by atoms with Crippen LogP contribution < -0.4 is 5.32 Å². The van der Waals surface area contributed by atoms with Gasteiger partial charge in [-0.25, -0.2) is 4.39 Å². The first-order valence-corrected chi connectivity index (χ1v) is 5.94. The number of furan rings is 1. The third-order valence-electron chi connectivity index (χ3n) is 2.33. The van der Waals surface area contributed by atoms with E-state index in [4.69, 9.17) is 21.1 Å². The van der Waals surface area contributed by atoms with Crippen molar-refractivity contribution in [1.82, 2.24) is 0 Å². The Morgan fingerprint density at radius 1 is 1.40 bits per heavy atom. The molecule has 0 fully saturated rings. The van der Waals surface area contributed by atoms with Crippen molar-refractivity contribution in [2.24, 2.45) is 0 Å². The molecule has 0 atom stereocenters. The van der Waals surface area contributed by atoms with Crippen molar-refractivity contribution in [3.8, 4) is 11.8 Å². The lowest BCUT2D eigenvalue weighted by Crippen LogP contribution is -2.12. The van der Waals surface area contributed by atoms with E-state index in [0.717, 1.165) is 6.07 Å². The molecule has 1 aromatic carbocycles. The lowest BCUT2D eigenvalue weighted by atomic mass is 10.1. The van der Waals surface area contributed by atoms with Crippen molar-refractivity contribution in [3.63, 3.8) is 0 Å². The van der Waals surface area contributed by atoms with Gasteiger partial charge in [-0.3, -0.25) is 4.79 Å². The fourth-order valence-corrected chi connectivity index (χ4v) is 1.63. The van der Waals surface area contributed by atoms with Gasteiger partial charge in [0, 0.05) is 0 Å². The summed E-state index contributed by atoms with van der Waals surface area (Å²) in [5.74, 6) is 3.95. The van der Waals surface area contributed by atoms with Crippen LogP contribution in [0.5, 0.6) is 0 Å². The zero-order chi connectivity index (χ0) is 14.5. The predicted octanol–water partition coefficient (Wildman–Crippen LogP) is 2.67. The normalized spacial score (nSPS) is 9.75. The molecule has 0 unspecified atom stereocenters. The second-order valence-corrected chi connectivity index (χ2v) is 4.08. The van der Waals surface area contributed by atoms with Crippen LogP contribution in [0.4, 0.5) is 10.1 Å². The molecule has 20 heavy (non-hydrogen) atoms. The van der Waals surface area contributed by atoms with Crippen LogP contribution in [0.2, 0.25) is 5.22 Å². The number of anilines is 1. The predicted molar refractivity (Wildman–Crippen MR) is 72.0 cm³/mol. The molecule has 6 heteroatoms. The minimum absolute atomic E-state index is 0.0281. The van der Waals surface area contributed by atoms with Gasteiger partial charge >= 0.3 is 0 Å². The van der Waals surface area contributed by atoms with Crippen molar-refractivity contribution in [3.05, 3.63) is 52.7 Å². The monoisotopic (exact) mass is 293 g/mol. The molecular weight excluding hydrogens is 285 g/mol. The third-order valence-corrected chi connectivity index (χ3v) is 2.53. The Bertz CT molecular complexity index is 700. The number of amides is 1. The van der Waals surface area contributed by atoms with Gasteiger partial charge in [-0.1, -0.05) is 11.8 Å². The number of benzene rings is 1. The average molecular weight is 294 g/mol. The first-order valence-electron chi connectivity index (χ1n) is 5.56. The van der Waals surface area contributed by atoms with Crippen LogP contribution in [0.15, 0.2) is 34.7 Å². The Hall–Kier alpha value is -2.29. The van der Waals surface area contributed by atoms with Gasteiger partial charge in [0.25, 0.3) is 5.91 Å². The maximum Gasteiger partial charge on any atom is 0.291 e. The van der Waals surface area contributed by atoms with Gasteiger partial charge in [-0.15, -0.1) is 0 Å². The first kappa shape index (κ1) is 14.1. The largest absolute Gasteiger partial charge is 0.440 e. The molecule has 0 radical (unpaired) electrons. The van der Waals surface area contributed by atoms with E-state index >= 15 is 0 Å². The molecule has 0 spiro atoms. The van der Waals surface area contributed by atoms with Gasteiger partial charge < -0.3 is 14.8 Å². The van der Waals surface area contributed by atoms with E-state index in [1.165, 1.54) is 24.3 Å². The van der Waals surface area contributed by atoms with Gasteiger partial charge in [0.1, 0.15) is 12.4 Å². The maximum absolute atomic E-state index is 13.2. The second-order valence-electron chi connectivity index (χ2n) is 3.71. The summed E-state index contributed by atoms with van der Waals surface area (Å²) in [5.41, 5.74) is 0.565. The SMILES string of the molecule is O=C(Nc1ccc(F)cc1C#CCO)c1ccc(Cl)o1. The zero-order valence-electron chi connectivity index (χ0n) is 10.1. The molecule has 2 rings (SSSR count). The topological polar surface area (TPSA) is 62.5 Å². The summed E-state index contributed by atoms with van der Waals surface area (Å²) >= 11 is 5.58. The Balaban J connectivity index is 2.26. The first-order chi connectivity index (χ1) is 9.60. The van der Waals surface area contributed by atoms with E-state index in [1.54, 1.807) is 0 Å². The number of nitrogens with one attached hydrogen (secondary N) is 1. The molecule has 0 aliphatic heterocycles. The average Bonchev–Trinajstić information content (AvgIpc) is 2.85. The molecule has 1 heterocycles. The number of halogens is 2. The minimum atomic E-state index is -0.532. The Morgan fingerprint density at radius 2 is 2.20 bits per heavy atom. The van der Waals surface area contributed by atoms with Gasteiger partial charge in [-0.2, -0.15) is 0 Å².